The van der Waals surface area contributed by atoms with Crippen LogP contribution in [0.4, 0.5) is 11.4 Å². The lowest BCUT2D eigenvalue weighted by Gasteiger charge is -2.14. The minimum absolute atomic E-state index is 0.0578. The quantitative estimate of drug-likeness (QED) is 0.254. The van der Waals surface area contributed by atoms with Gasteiger partial charge in [0.05, 0.1) is 28.2 Å². The third-order valence-electron chi connectivity index (χ3n) is 3.72. The normalized spacial score (nSPS) is 15.3. The maximum Gasteiger partial charge on any atom is 0.337 e. The first kappa shape index (κ1) is 18.7. The number of non-ortho nitro benzene ring substituents is 1. The van der Waals surface area contributed by atoms with Gasteiger partial charge in [0, 0.05) is 12.1 Å². The summed E-state index contributed by atoms with van der Waals surface area (Å²) < 4.78 is 4.98. The molecule has 2 aromatic carbocycles. The van der Waals surface area contributed by atoms with Crippen molar-refractivity contribution in [1.82, 2.24) is 0 Å². The molecule has 0 saturated carbocycles. The third-order valence-corrected chi connectivity index (χ3v) is 5.02. The van der Waals surface area contributed by atoms with Gasteiger partial charge in [-0.3, -0.25) is 19.8 Å². The summed E-state index contributed by atoms with van der Waals surface area (Å²) in [6, 6.07) is 12.3. The zero-order valence-corrected chi connectivity index (χ0v) is 15.6. The highest BCUT2D eigenvalue weighted by atomic mass is 32.2. The van der Waals surface area contributed by atoms with Crippen molar-refractivity contribution in [3.8, 4) is 0 Å². The van der Waals surface area contributed by atoms with Crippen molar-refractivity contribution in [3.05, 3.63) is 74.7 Å². The zero-order valence-electron chi connectivity index (χ0n) is 13.9. The third kappa shape index (κ3) is 3.88. The molecule has 1 aliphatic heterocycles. The molecule has 0 aliphatic carbocycles. The highest BCUT2D eigenvalue weighted by Crippen LogP contribution is 2.36. The van der Waals surface area contributed by atoms with E-state index in [1.165, 1.54) is 24.1 Å². The molecule has 0 atom stereocenters. The van der Waals surface area contributed by atoms with Crippen molar-refractivity contribution < 1.29 is 19.2 Å². The Morgan fingerprint density at radius 2 is 1.96 bits per heavy atom. The van der Waals surface area contributed by atoms with Crippen molar-refractivity contribution in [2.45, 2.75) is 0 Å². The molecule has 3 rings (SSSR count). The Morgan fingerprint density at radius 3 is 2.59 bits per heavy atom. The molecular weight excluding hydrogens is 388 g/mol. The molecule has 7 nitrogen and oxygen atoms in total. The topological polar surface area (TPSA) is 89.8 Å². The second kappa shape index (κ2) is 7.68. The van der Waals surface area contributed by atoms with Crippen LogP contribution in [0.25, 0.3) is 6.08 Å². The van der Waals surface area contributed by atoms with E-state index in [2.05, 4.69) is 4.74 Å². The zero-order chi connectivity index (χ0) is 19.6. The van der Waals surface area contributed by atoms with E-state index >= 15 is 0 Å². The Labute approximate surface area is 163 Å². The largest absolute Gasteiger partial charge is 0.465 e. The van der Waals surface area contributed by atoms with Crippen molar-refractivity contribution in [2.75, 3.05) is 12.0 Å². The van der Waals surface area contributed by atoms with Crippen LogP contribution in [-0.4, -0.2) is 28.2 Å². The molecule has 0 aromatic heterocycles. The molecule has 1 fully saturated rings. The number of methoxy groups -OCH3 is 1. The second-order valence-corrected chi connectivity index (χ2v) is 7.08. The number of carbonyl (C=O) groups is 2. The van der Waals surface area contributed by atoms with E-state index in [0.717, 1.165) is 11.8 Å². The van der Waals surface area contributed by atoms with Crippen LogP contribution in [0.15, 0.2) is 53.4 Å². The fourth-order valence-corrected chi connectivity index (χ4v) is 3.73. The Balaban J connectivity index is 1.88. The van der Waals surface area contributed by atoms with E-state index in [4.69, 9.17) is 12.2 Å². The first-order valence-electron chi connectivity index (χ1n) is 7.61. The van der Waals surface area contributed by atoms with Crippen molar-refractivity contribution in [3.63, 3.8) is 0 Å². The maximum absolute atomic E-state index is 12.7. The van der Waals surface area contributed by atoms with Crippen molar-refractivity contribution in [1.29, 1.82) is 0 Å². The molecule has 0 bridgehead atoms. The summed E-state index contributed by atoms with van der Waals surface area (Å²) in [7, 11) is 1.29. The molecule has 136 valence electrons. The molecule has 27 heavy (non-hydrogen) atoms. The van der Waals surface area contributed by atoms with Gasteiger partial charge < -0.3 is 4.74 Å². The average molecular weight is 400 g/mol. The Morgan fingerprint density at radius 1 is 1.26 bits per heavy atom. The number of thioether (sulfide) groups is 1. The number of ether oxygens (including phenoxy) is 1. The second-order valence-electron chi connectivity index (χ2n) is 5.41. The van der Waals surface area contributed by atoms with Gasteiger partial charge >= 0.3 is 5.97 Å². The van der Waals surface area contributed by atoms with Gasteiger partial charge in [0.1, 0.15) is 0 Å². The molecule has 0 radical (unpaired) electrons. The van der Waals surface area contributed by atoms with E-state index in [0.29, 0.717) is 26.0 Å². The summed E-state index contributed by atoms with van der Waals surface area (Å²) >= 11 is 6.40. The van der Waals surface area contributed by atoms with Gasteiger partial charge in [0.25, 0.3) is 11.6 Å². The van der Waals surface area contributed by atoms with Gasteiger partial charge in [-0.1, -0.05) is 36.1 Å². The molecule has 1 aliphatic rings. The number of nitro benzene ring substituents is 1. The Hall–Kier alpha value is -3.04. The number of thiocarbonyl (C=S) groups is 1. The number of carbonyl (C=O) groups excluding carboxylic acids is 2. The smallest absolute Gasteiger partial charge is 0.337 e. The predicted octanol–water partition coefficient (Wildman–Crippen LogP) is 3.79. The number of rotatable bonds is 4. The van der Waals surface area contributed by atoms with E-state index in [1.54, 1.807) is 42.5 Å². The fourth-order valence-electron chi connectivity index (χ4n) is 2.43. The predicted molar refractivity (Wildman–Crippen MR) is 107 cm³/mol. The molecular formula is C18H12N2O5S2. The lowest BCUT2D eigenvalue weighted by molar-refractivity contribution is -0.384. The van der Waals surface area contributed by atoms with Crippen LogP contribution in [0.1, 0.15) is 15.9 Å². The lowest BCUT2D eigenvalue weighted by Crippen LogP contribution is -2.27. The van der Waals surface area contributed by atoms with Crippen molar-refractivity contribution in [2.24, 2.45) is 0 Å². The SMILES string of the molecule is COC(=O)c1ccc(N2C(=O)C(=Cc3cccc([N+](=O)[O-])c3)SC2=S)cc1. The van der Waals surface area contributed by atoms with E-state index in [1.807, 2.05) is 0 Å². The molecule has 9 heteroatoms. The summed E-state index contributed by atoms with van der Waals surface area (Å²) in [4.78, 5) is 36.4. The number of nitro groups is 1. The first-order valence-corrected chi connectivity index (χ1v) is 8.84. The minimum atomic E-state index is -0.495. The molecule has 1 amide bonds. The maximum atomic E-state index is 12.7. The van der Waals surface area contributed by atoms with Gasteiger partial charge in [-0.25, -0.2) is 4.79 Å². The van der Waals surface area contributed by atoms with Crippen LogP contribution in [-0.2, 0) is 9.53 Å². The summed E-state index contributed by atoms with van der Waals surface area (Å²) in [6.07, 6.45) is 1.56. The number of hydrogen-bond donors (Lipinski definition) is 0. The van der Waals surface area contributed by atoms with Gasteiger partial charge in [-0.2, -0.15) is 0 Å². The molecule has 2 aromatic rings. The van der Waals surface area contributed by atoms with Crippen LogP contribution >= 0.6 is 24.0 Å². The highest BCUT2D eigenvalue weighted by molar-refractivity contribution is 8.27. The van der Waals surface area contributed by atoms with Gasteiger partial charge in [-0.15, -0.1) is 0 Å². The molecule has 0 unspecified atom stereocenters. The summed E-state index contributed by atoms with van der Waals surface area (Å²) in [5.74, 6) is -0.806. The van der Waals surface area contributed by atoms with Crippen LogP contribution in [0.5, 0.6) is 0 Å². The van der Waals surface area contributed by atoms with Gasteiger partial charge in [0.15, 0.2) is 4.32 Å². The van der Waals surface area contributed by atoms with E-state index < -0.39 is 10.9 Å². The number of nitrogens with zero attached hydrogens (tertiary/aromatic N) is 2. The van der Waals surface area contributed by atoms with Gasteiger partial charge in [0.2, 0.25) is 0 Å². The van der Waals surface area contributed by atoms with Gasteiger partial charge in [-0.05, 0) is 35.9 Å². The summed E-state index contributed by atoms with van der Waals surface area (Å²) in [5.41, 5.74) is 1.36. The highest BCUT2D eigenvalue weighted by Gasteiger charge is 2.33. The number of benzene rings is 2. The minimum Gasteiger partial charge on any atom is -0.465 e. The Kier molecular flexibility index (Phi) is 5.33. The summed E-state index contributed by atoms with van der Waals surface area (Å²) in [5, 5.41) is 10.9. The molecule has 0 N–H and O–H groups in total. The standard InChI is InChI=1S/C18H12N2O5S2/c1-25-17(22)12-5-7-13(8-6-12)19-16(21)15(27-18(19)26)10-11-3-2-4-14(9-11)20(23)24/h2-10H,1H3. The van der Waals surface area contributed by atoms with Crippen LogP contribution in [0.2, 0.25) is 0 Å². The molecule has 1 heterocycles. The molecule has 0 spiro atoms. The van der Waals surface area contributed by atoms with E-state index in [9.17, 15) is 19.7 Å². The monoisotopic (exact) mass is 400 g/mol. The average Bonchev–Trinajstić information content (AvgIpc) is 2.94. The number of amides is 1. The number of anilines is 1. The van der Waals surface area contributed by atoms with Crippen LogP contribution < -0.4 is 4.90 Å². The number of hydrogen-bond acceptors (Lipinski definition) is 7. The summed E-state index contributed by atoms with van der Waals surface area (Å²) in [6.45, 7) is 0. The number of esters is 1. The Bertz CT molecular complexity index is 986. The molecule has 1 saturated heterocycles. The van der Waals surface area contributed by atoms with Crippen molar-refractivity contribution >= 4 is 57.6 Å². The van der Waals surface area contributed by atoms with E-state index in [-0.39, 0.29) is 11.6 Å². The first-order chi connectivity index (χ1) is 12.9. The fraction of sp³-hybridized carbons (Fsp3) is 0.0556. The lowest BCUT2D eigenvalue weighted by atomic mass is 10.1. The van der Waals surface area contributed by atoms with Crippen LogP contribution in [0.3, 0.4) is 0 Å². The van der Waals surface area contributed by atoms with Crippen LogP contribution in [0, 0.1) is 10.1 Å².